The second kappa shape index (κ2) is 5.84. The lowest BCUT2D eigenvalue weighted by Gasteiger charge is -2.27. The van der Waals surface area contributed by atoms with Gasteiger partial charge in [0.25, 0.3) is 0 Å². The Bertz CT molecular complexity index is 861. The average molecular weight is 324 g/mol. The van der Waals surface area contributed by atoms with Gasteiger partial charge < -0.3 is 10.2 Å². The van der Waals surface area contributed by atoms with Gasteiger partial charge in [-0.15, -0.1) is 0 Å². The maximum Gasteiger partial charge on any atom is 0.0741 e. The number of aromatic nitrogens is 1. The van der Waals surface area contributed by atoms with Crippen molar-refractivity contribution in [2.45, 2.75) is 13.0 Å². The van der Waals surface area contributed by atoms with Gasteiger partial charge in [0.15, 0.2) is 0 Å². The number of benzene rings is 2. The smallest absolute Gasteiger partial charge is 0.0741 e. The van der Waals surface area contributed by atoms with Crippen molar-refractivity contribution >= 4 is 33.9 Å². The van der Waals surface area contributed by atoms with Gasteiger partial charge in [0.2, 0.25) is 0 Å². The van der Waals surface area contributed by atoms with Crippen molar-refractivity contribution in [2.24, 2.45) is 0 Å². The number of likely N-dealkylation sites (N-methyl/N-ethyl adjacent to an activating group) is 1. The molecule has 0 aliphatic carbocycles. The van der Waals surface area contributed by atoms with Crippen LogP contribution in [0.25, 0.3) is 10.9 Å². The fraction of sp³-hybridized carbons (Fsp3) is 0.211. The zero-order chi connectivity index (χ0) is 15.8. The highest BCUT2D eigenvalue weighted by atomic mass is 35.5. The van der Waals surface area contributed by atoms with Crippen LogP contribution < -0.4 is 5.32 Å². The van der Waals surface area contributed by atoms with E-state index in [0.717, 1.165) is 46.8 Å². The Balaban J connectivity index is 1.93. The molecule has 3 aromatic rings. The first-order valence-corrected chi connectivity index (χ1v) is 8.20. The summed E-state index contributed by atoms with van der Waals surface area (Å²) in [7, 11) is 2.15. The second-order valence-corrected chi connectivity index (χ2v) is 6.49. The molecule has 0 radical (unpaired) electrons. The van der Waals surface area contributed by atoms with E-state index in [2.05, 4.69) is 35.5 Å². The topological polar surface area (TPSA) is 28.2 Å². The van der Waals surface area contributed by atoms with Crippen molar-refractivity contribution in [2.75, 3.05) is 18.9 Å². The second-order valence-electron chi connectivity index (χ2n) is 6.05. The van der Waals surface area contributed by atoms with Gasteiger partial charge in [0.1, 0.15) is 0 Å². The number of nitrogens with one attached hydrogen (secondary N) is 1. The molecule has 0 bridgehead atoms. The van der Waals surface area contributed by atoms with Crippen LogP contribution in [0.2, 0.25) is 5.02 Å². The zero-order valence-electron chi connectivity index (χ0n) is 13.0. The van der Waals surface area contributed by atoms with E-state index in [1.807, 2.05) is 30.3 Å². The number of fused-ring (bicyclic) bond motifs is 2. The normalized spacial score (nSPS) is 14.7. The lowest BCUT2D eigenvalue weighted by molar-refractivity contribution is 0.311. The summed E-state index contributed by atoms with van der Waals surface area (Å²) in [6.45, 7) is 1.95. The molecule has 0 fully saturated rings. The Morgan fingerprint density at radius 1 is 1.13 bits per heavy atom. The summed E-state index contributed by atoms with van der Waals surface area (Å²) in [5.74, 6) is 0. The molecule has 1 aromatic heterocycles. The van der Waals surface area contributed by atoms with E-state index in [-0.39, 0.29) is 0 Å². The first kappa shape index (κ1) is 14.5. The van der Waals surface area contributed by atoms with E-state index < -0.39 is 0 Å². The van der Waals surface area contributed by atoms with Gasteiger partial charge in [-0.25, -0.2) is 0 Å². The molecule has 1 aliphatic heterocycles. The molecule has 0 saturated carbocycles. The van der Waals surface area contributed by atoms with Crippen molar-refractivity contribution in [3.8, 4) is 0 Å². The Hall–Kier alpha value is -2.10. The molecule has 2 aromatic carbocycles. The molecule has 0 spiro atoms. The number of anilines is 2. The van der Waals surface area contributed by atoms with Crippen molar-refractivity contribution in [1.82, 2.24) is 9.88 Å². The molecule has 0 saturated heterocycles. The van der Waals surface area contributed by atoms with Crippen LogP contribution in [-0.2, 0) is 13.0 Å². The third-order valence-electron chi connectivity index (χ3n) is 4.34. The van der Waals surface area contributed by atoms with E-state index in [1.54, 1.807) is 0 Å². The molecular weight excluding hydrogens is 306 g/mol. The Labute approximate surface area is 140 Å². The predicted octanol–water partition coefficient (Wildman–Crippen LogP) is 4.62. The molecule has 1 N–H and O–H groups in total. The highest BCUT2D eigenvalue weighted by Crippen LogP contribution is 2.35. The number of rotatable bonds is 2. The molecule has 3 nitrogen and oxygen atoms in total. The first-order valence-electron chi connectivity index (χ1n) is 7.82. The van der Waals surface area contributed by atoms with Gasteiger partial charge in [-0.05, 0) is 37.4 Å². The minimum absolute atomic E-state index is 0.725. The quantitative estimate of drug-likeness (QED) is 0.746. The summed E-state index contributed by atoms with van der Waals surface area (Å²) in [6, 6.07) is 16.2. The maximum atomic E-state index is 6.17. The molecule has 23 heavy (non-hydrogen) atoms. The van der Waals surface area contributed by atoms with E-state index in [1.165, 1.54) is 11.3 Å². The Kier molecular flexibility index (Phi) is 3.68. The van der Waals surface area contributed by atoms with E-state index in [4.69, 9.17) is 16.6 Å². The van der Waals surface area contributed by atoms with Crippen LogP contribution in [0, 0.1) is 0 Å². The van der Waals surface area contributed by atoms with Crippen molar-refractivity contribution in [3.05, 3.63) is 64.8 Å². The number of hydrogen-bond acceptors (Lipinski definition) is 3. The van der Waals surface area contributed by atoms with Gasteiger partial charge in [-0.3, -0.25) is 4.98 Å². The van der Waals surface area contributed by atoms with Crippen LogP contribution in [0.1, 0.15) is 11.3 Å². The fourth-order valence-corrected chi connectivity index (χ4v) is 3.33. The summed E-state index contributed by atoms with van der Waals surface area (Å²) in [4.78, 5) is 7.20. The van der Waals surface area contributed by atoms with Crippen LogP contribution in [0.4, 0.5) is 11.4 Å². The largest absolute Gasteiger partial charge is 0.355 e. The van der Waals surface area contributed by atoms with E-state index >= 15 is 0 Å². The highest BCUT2D eigenvalue weighted by molar-refractivity contribution is 6.31. The van der Waals surface area contributed by atoms with Gasteiger partial charge in [0.05, 0.1) is 11.2 Å². The van der Waals surface area contributed by atoms with Gasteiger partial charge in [-0.1, -0.05) is 29.8 Å². The van der Waals surface area contributed by atoms with Gasteiger partial charge in [0, 0.05) is 46.9 Å². The molecule has 1 aliphatic rings. The summed E-state index contributed by atoms with van der Waals surface area (Å²) >= 11 is 6.17. The number of halogens is 1. The number of para-hydroxylation sites is 1. The maximum absolute atomic E-state index is 6.17. The molecular formula is C19H18ClN3. The van der Waals surface area contributed by atoms with E-state index in [9.17, 15) is 0 Å². The molecule has 0 unspecified atom stereocenters. The fourth-order valence-electron chi connectivity index (χ4n) is 3.16. The molecule has 2 heterocycles. The number of hydrogen-bond donors (Lipinski definition) is 1. The Morgan fingerprint density at radius 3 is 2.78 bits per heavy atom. The van der Waals surface area contributed by atoms with Gasteiger partial charge in [-0.2, -0.15) is 0 Å². The number of nitrogens with zero attached hydrogens (tertiary/aromatic N) is 2. The summed E-state index contributed by atoms with van der Waals surface area (Å²) in [5, 5.41) is 5.45. The van der Waals surface area contributed by atoms with Crippen molar-refractivity contribution < 1.29 is 0 Å². The highest BCUT2D eigenvalue weighted by Gasteiger charge is 2.21. The van der Waals surface area contributed by atoms with Crippen LogP contribution in [0.15, 0.2) is 48.5 Å². The minimum Gasteiger partial charge on any atom is -0.355 e. The summed E-state index contributed by atoms with van der Waals surface area (Å²) in [6.07, 6.45) is 0.970. The Morgan fingerprint density at radius 2 is 1.96 bits per heavy atom. The monoisotopic (exact) mass is 323 g/mol. The average Bonchev–Trinajstić information content (AvgIpc) is 2.56. The minimum atomic E-state index is 0.725. The molecule has 0 atom stereocenters. The summed E-state index contributed by atoms with van der Waals surface area (Å²) in [5.41, 5.74) is 5.66. The lowest BCUT2D eigenvalue weighted by Crippen LogP contribution is -2.28. The predicted molar refractivity (Wildman–Crippen MR) is 96.5 cm³/mol. The van der Waals surface area contributed by atoms with Crippen molar-refractivity contribution in [3.63, 3.8) is 0 Å². The van der Waals surface area contributed by atoms with E-state index in [0.29, 0.717) is 0 Å². The molecule has 4 heteroatoms. The third kappa shape index (κ3) is 2.78. The standard InChI is InChI=1S/C19H18ClN3/c1-23-10-9-17-16(12-23)19(21-14-5-3-2-4-6-14)15-8-7-13(20)11-18(15)22-17/h2-8,11H,9-10,12H2,1H3,(H,21,22). The zero-order valence-corrected chi connectivity index (χ0v) is 13.8. The first-order chi connectivity index (χ1) is 11.2. The lowest BCUT2D eigenvalue weighted by atomic mass is 10.00. The SMILES string of the molecule is CN1CCc2nc3cc(Cl)ccc3c(Nc3ccccc3)c2C1. The van der Waals surface area contributed by atoms with Crippen LogP contribution in [0.5, 0.6) is 0 Å². The van der Waals surface area contributed by atoms with Crippen LogP contribution >= 0.6 is 11.6 Å². The molecule has 4 rings (SSSR count). The van der Waals surface area contributed by atoms with Crippen molar-refractivity contribution in [1.29, 1.82) is 0 Å². The van der Waals surface area contributed by atoms with Crippen LogP contribution in [0.3, 0.4) is 0 Å². The summed E-state index contributed by atoms with van der Waals surface area (Å²) < 4.78 is 0. The number of pyridine rings is 1. The molecule has 116 valence electrons. The third-order valence-corrected chi connectivity index (χ3v) is 4.57. The van der Waals surface area contributed by atoms with Crippen LogP contribution in [-0.4, -0.2) is 23.5 Å². The molecule has 0 amide bonds. The van der Waals surface area contributed by atoms with Gasteiger partial charge >= 0.3 is 0 Å².